The van der Waals surface area contributed by atoms with Crippen LogP contribution in [0.3, 0.4) is 0 Å². The van der Waals surface area contributed by atoms with Crippen molar-refractivity contribution in [3.05, 3.63) is 0 Å². The van der Waals surface area contributed by atoms with Crippen molar-refractivity contribution in [3.8, 4) is 0 Å². The van der Waals surface area contributed by atoms with E-state index in [-0.39, 0.29) is 0 Å². The highest BCUT2D eigenvalue weighted by molar-refractivity contribution is 4.99. The van der Waals surface area contributed by atoms with Gasteiger partial charge < -0.3 is 5.32 Å². The van der Waals surface area contributed by atoms with Crippen LogP contribution in [0.4, 0.5) is 0 Å². The van der Waals surface area contributed by atoms with E-state index in [0.717, 1.165) is 11.8 Å². The first-order chi connectivity index (χ1) is 7.27. The number of hydrogen-bond acceptors (Lipinski definition) is 1. The maximum atomic E-state index is 3.86. The zero-order chi connectivity index (χ0) is 10.7. The normalized spacial score (nSPS) is 42.0. The third-order valence-corrected chi connectivity index (χ3v) is 4.77. The summed E-state index contributed by atoms with van der Waals surface area (Å²) in [6, 6.07) is 0. The lowest BCUT2D eigenvalue weighted by molar-refractivity contribution is 0.148. The Balaban J connectivity index is 1.98. The zero-order valence-electron chi connectivity index (χ0n) is 10.5. The van der Waals surface area contributed by atoms with Gasteiger partial charge in [-0.05, 0) is 50.5 Å². The molecule has 0 aromatic rings. The molecule has 1 saturated carbocycles. The van der Waals surface area contributed by atoms with Crippen molar-refractivity contribution in [1.82, 2.24) is 5.32 Å². The van der Waals surface area contributed by atoms with Crippen LogP contribution in [0.2, 0.25) is 0 Å². The molecule has 0 amide bonds. The monoisotopic (exact) mass is 209 g/mol. The highest BCUT2D eigenvalue weighted by Crippen LogP contribution is 2.41. The molecule has 1 heteroatoms. The molecule has 0 bridgehead atoms. The summed E-state index contributed by atoms with van der Waals surface area (Å²) in [4.78, 5) is 0. The maximum absolute atomic E-state index is 3.86. The van der Waals surface area contributed by atoms with Crippen LogP contribution in [-0.4, -0.2) is 12.1 Å². The fourth-order valence-electron chi connectivity index (χ4n) is 3.85. The van der Waals surface area contributed by atoms with Crippen LogP contribution in [0.15, 0.2) is 0 Å². The standard InChI is InChI=1S/C14H27N/c1-3-9-14(10-4-11-15-14)13-7-5-12(2)6-8-13/h12-13,15H,3-11H2,1-2H3. The van der Waals surface area contributed by atoms with Gasteiger partial charge in [0.15, 0.2) is 0 Å². The summed E-state index contributed by atoms with van der Waals surface area (Å²) in [6.07, 6.45) is 11.5. The average Bonchev–Trinajstić information content (AvgIpc) is 2.69. The molecule has 2 aliphatic rings. The van der Waals surface area contributed by atoms with Crippen molar-refractivity contribution in [3.63, 3.8) is 0 Å². The first-order valence-corrected chi connectivity index (χ1v) is 7.02. The van der Waals surface area contributed by atoms with Gasteiger partial charge in [-0.2, -0.15) is 0 Å². The molecule has 1 unspecified atom stereocenters. The second-order valence-corrected chi connectivity index (χ2v) is 5.89. The topological polar surface area (TPSA) is 12.0 Å². The Morgan fingerprint density at radius 1 is 1.20 bits per heavy atom. The van der Waals surface area contributed by atoms with Gasteiger partial charge in [-0.15, -0.1) is 0 Å². The lowest BCUT2D eigenvalue weighted by Crippen LogP contribution is -2.47. The molecule has 1 atom stereocenters. The molecule has 1 heterocycles. The first-order valence-electron chi connectivity index (χ1n) is 7.02. The SMILES string of the molecule is CCCC1(C2CCC(C)CC2)CCCN1. The summed E-state index contributed by atoms with van der Waals surface area (Å²) in [7, 11) is 0. The van der Waals surface area contributed by atoms with E-state index in [0.29, 0.717) is 5.54 Å². The smallest absolute Gasteiger partial charge is 0.0210 e. The fourth-order valence-corrected chi connectivity index (χ4v) is 3.85. The van der Waals surface area contributed by atoms with E-state index < -0.39 is 0 Å². The summed E-state index contributed by atoms with van der Waals surface area (Å²) in [5.74, 6) is 1.97. The molecule has 15 heavy (non-hydrogen) atoms. The second kappa shape index (κ2) is 4.86. The predicted octanol–water partition coefficient (Wildman–Crippen LogP) is 3.74. The minimum atomic E-state index is 0.550. The molecule has 1 aliphatic carbocycles. The largest absolute Gasteiger partial charge is 0.311 e. The number of hydrogen-bond donors (Lipinski definition) is 1. The molecular weight excluding hydrogens is 182 g/mol. The summed E-state index contributed by atoms with van der Waals surface area (Å²) >= 11 is 0. The highest BCUT2D eigenvalue weighted by atomic mass is 15.0. The van der Waals surface area contributed by atoms with Crippen LogP contribution in [0, 0.1) is 11.8 Å². The molecule has 0 aromatic carbocycles. The maximum Gasteiger partial charge on any atom is 0.0210 e. The van der Waals surface area contributed by atoms with E-state index in [4.69, 9.17) is 0 Å². The lowest BCUT2D eigenvalue weighted by atomic mass is 9.69. The van der Waals surface area contributed by atoms with Crippen molar-refractivity contribution in [2.75, 3.05) is 6.54 Å². The molecule has 2 fully saturated rings. The van der Waals surface area contributed by atoms with Gasteiger partial charge in [0.1, 0.15) is 0 Å². The van der Waals surface area contributed by atoms with Gasteiger partial charge >= 0.3 is 0 Å². The van der Waals surface area contributed by atoms with Crippen LogP contribution < -0.4 is 5.32 Å². The minimum absolute atomic E-state index is 0.550. The van der Waals surface area contributed by atoms with Crippen molar-refractivity contribution in [2.24, 2.45) is 11.8 Å². The van der Waals surface area contributed by atoms with E-state index in [1.165, 1.54) is 57.9 Å². The summed E-state index contributed by atoms with van der Waals surface area (Å²) < 4.78 is 0. The summed E-state index contributed by atoms with van der Waals surface area (Å²) in [5, 5.41) is 3.86. The van der Waals surface area contributed by atoms with Gasteiger partial charge in [0, 0.05) is 5.54 Å². The quantitative estimate of drug-likeness (QED) is 0.746. The second-order valence-electron chi connectivity index (χ2n) is 5.89. The Labute approximate surface area is 95.0 Å². The predicted molar refractivity (Wildman–Crippen MR) is 66.0 cm³/mol. The Hall–Kier alpha value is -0.0400. The van der Waals surface area contributed by atoms with Crippen molar-refractivity contribution >= 4 is 0 Å². The van der Waals surface area contributed by atoms with Gasteiger partial charge in [0.2, 0.25) is 0 Å². The zero-order valence-corrected chi connectivity index (χ0v) is 10.5. The van der Waals surface area contributed by atoms with Gasteiger partial charge in [-0.1, -0.05) is 33.1 Å². The van der Waals surface area contributed by atoms with Crippen LogP contribution >= 0.6 is 0 Å². The van der Waals surface area contributed by atoms with Gasteiger partial charge in [-0.25, -0.2) is 0 Å². The van der Waals surface area contributed by atoms with Crippen LogP contribution in [0.5, 0.6) is 0 Å². The van der Waals surface area contributed by atoms with Gasteiger partial charge in [0.05, 0.1) is 0 Å². The molecular formula is C14H27N. The molecule has 1 saturated heterocycles. The minimum Gasteiger partial charge on any atom is -0.311 e. The third kappa shape index (κ3) is 2.38. The van der Waals surface area contributed by atoms with E-state index in [1.54, 1.807) is 0 Å². The molecule has 1 nitrogen and oxygen atoms in total. The van der Waals surface area contributed by atoms with Crippen molar-refractivity contribution in [2.45, 2.75) is 70.8 Å². The Kier molecular flexibility index (Phi) is 3.71. The lowest BCUT2D eigenvalue weighted by Gasteiger charge is -2.41. The highest BCUT2D eigenvalue weighted by Gasteiger charge is 2.40. The fraction of sp³-hybridized carbons (Fsp3) is 1.00. The van der Waals surface area contributed by atoms with Gasteiger partial charge in [-0.3, -0.25) is 0 Å². The molecule has 2 rings (SSSR count). The molecule has 0 radical (unpaired) electrons. The molecule has 1 N–H and O–H groups in total. The molecule has 0 spiro atoms. The van der Waals surface area contributed by atoms with Crippen molar-refractivity contribution < 1.29 is 0 Å². The Bertz CT molecular complexity index is 186. The summed E-state index contributed by atoms with van der Waals surface area (Å²) in [5.41, 5.74) is 0.550. The number of rotatable bonds is 3. The van der Waals surface area contributed by atoms with E-state index in [1.807, 2.05) is 0 Å². The van der Waals surface area contributed by atoms with E-state index in [2.05, 4.69) is 19.2 Å². The molecule has 0 aromatic heterocycles. The average molecular weight is 209 g/mol. The summed E-state index contributed by atoms with van der Waals surface area (Å²) in [6.45, 7) is 6.03. The molecule has 88 valence electrons. The Morgan fingerprint density at radius 3 is 2.47 bits per heavy atom. The van der Waals surface area contributed by atoms with Gasteiger partial charge in [0.25, 0.3) is 0 Å². The van der Waals surface area contributed by atoms with E-state index >= 15 is 0 Å². The Morgan fingerprint density at radius 2 is 1.93 bits per heavy atom. The van der Waals surface area contributed by atoms with Crippen LogP contribution in [0.25, 0.3) is 0 Å². The van der Waals surface area contributed by atoms with E-state index in [9.17, 15) is 0 Å². The number of nitrogens with one attached hydrogen (secondary N) is 1. The first kappa shape index (κ1) is 11.4. The van der Waals surface area contributed by atoms with Crippen LogP contribution in [-0.2, 0) is 0 Å². The van der Waals surface area contributed by atoms with Crippen molar-refractivity contribution in [1.29, 1.82) is 0 Å². The molecule has 1 aliphatic heterocycles. The third-order valence-electron chi connectivity index (χ3n) is 4.77. The van der Waals surface area contributed by atoms with Crippen LogP contribution in [0.1, 0.15) is 65.2 Å².